The summed E-state index contributed by atoms with van der Waals surface area (Å²) < 4.78 is 0. The van der Waals surface area contributed by atoms with Crippen LogP contribution in [0.4, 0.5) is 0 Å². The number of thiol groups is 1. The molecule has 0 heterocycles. The van der Waals surface area contributed by atoms with Crippen molar-refractivity contribution in [2.45, 2.75) is 9.79 Å². The molecule has 2 N–H and O–H groups in total. The molecule has 0 amide bonds. The second kappa shape index (κ2) is 5.34. The summed E-state index contributed by atoms with van der Waals surface area (Å²) in [5.41, 5.74) is -3.32. The van der Waals surface area contributed by atoms with Crippen molar-refractivity contribution >= 4 is 28.0 Å². The fraction of sp³-hybridized carbons (Fsp3) is 0. The molecule has 0 saturated heterocycles. The molecule has 0 saturated carbocycles. The third-order valence-electron chi connectivity index (χ3n) is 2.26. The van der Waals surface area contributed by atoms with Gasteiger partial charge in [-0.05, 0) is 45.9 Å². The van der Waals surface area contributed by atoms with Gasteiger partial charge in [-0.2, -0.15) is 0 Å². The summed E-state index contributed by atoms with van der Waals surface area (Å²) in [6, 6.07) is 18.9. The lowest BCUT2D eigenvalue weighted by molar-refractivity contribution is 0.501. The average Bonchev–Trinajstić information content (AvgIpc) is 2.30. The highest BCUT2D eigenvalue weighted by Crippen LogP contribution is 2.71. The third kappa shape index (κ3) is 3.18. The van der Waals surface area contributed by atoms with E-state index in [0.29, 0.717) is 0 Å². The van der Waals surface area contributed by atoms with Crippen LogP contribution in [0.1, 0.15) is 0 Å². The standard InChI is InChI=1S/C12H13O2PS2/c13-15(14,16)17(11-7-3-1-4-8-11)12-9-5-2-6-10-12/h1-10,17H,(H2,13,14,16). The highest BCUT2D eigenvalue weighted by molar-refractivity contribution is 8.75. The van der Waals surface area contributed by atoms with Gasteiger partial charge in [0.2, 0.25) is 5.69 Å². The van der Waals surface area contributed by atoms with E-state index in [1.54, 1.807) is 0 Å². The second-order valence-corrected chi connectivity index (χ2v) is 11.4. The molecule has 0 atom stereocenters. The number of hydrogen-bond donors (Lipinski definition) is 3. The minimum Gasteiger partial charge on any atom is -0.338 e. The molecule has 0 unspecified atom stereocenters. The summed E-state index contributed by atoms with van der Waals surface area (Å²) in [6.07, 6.45) is 0. The topological polar surface area (TPSA) is 40.5 Å². The second-order valence-electron chi connectivity index (χ2n) is 3.50. The molecular weight excluding hydrogens is 271 g/mol. The Kier molecular flexibility index (Phi) is 4.02. The number of hydrogen-bond acceptors (Lipinski definition) is 1. The van der Waals surface area contributed by atoms with E-state index >= 15 is 0 Å². The van der Waals surface area contributed by atoms with Gasteiger partial charge in [-0.3, -0.25) is 0 Å². The summed E-state index contributed by atoms with van der Waals surface area (Å²) in [6.45, 7) is 0. The van der Waals surface area contributed by atoms with Crippen molar-refractivity contribution in [3.8, 4) is 0 Å². The Morgan fingerprint density at radius 2 is 1.12 bits per heavy atom. The molecular formula is C12H13O2PS2. The van der Waals surface area contributed by atoms with Crippen LogP contribution in [0.15, 0.2) is 70.5 Å². The van der Waals surface area contributed by atoms with Crippen LogP contribution in [0.25, 0.3) is 0 Å². The van der Waals surface area contributed by atoms with Gasteiger partial charge in [-0.15, -0.1) is 10.5 Å². The molecule has 2 aromatic rings. The molecule has 0 aliphatic rings. The molecule has 2 aromatic carbocycles. The van der Waals surface area contributed by atoms with Crippen LogP contribution < -0.4 is 0 Å². The van der Waals surface area contributed by atoms with Gasteiger partial charge in [-0.1, -0.05) is 36.4 Å². The van der Waals surface area contributed by atoms with Crippen molar-refractivity contribution in [1.29, 1.82) is 0 Å². The van der Waals surface area contributed by atoms with E-state index in [1.165, 1.54) is 0 Å². The predicted octanol–water partition coefficient (Wildman–Crippen LogP) is 3.31. The average molecular weight is 284 g/mol. The minimum absolute atomic E-state index is 0.905. The van der Waals surface area contributed by atoms with E-state index in [-0.39, 0.29) is 0 Å². The zero-order valence-corrected chi connectivity index (χ0v) is 11.6. The van der Waals surface area contributed by atoms with Crippen molar-refractivity contribution in [3.05, 3.63) is 60.7 Å². The summed E-state index contributed by atoms with van der Waals surface area (Å²) in [7, 11) is -1.25. The molecule has 2 nitrogen and oxygen atoms in total. The molecule has 5 heteroatoms. The highest BCUT2D eigenvalue weighted by atomic mass is 32.9. The molecule has 0 radical (unpaired) electrons. The fourth-order valence-corrected chi connectivity index (χ4v) is 7.70. The maximum atomic E-state index is 9.89. The van der Waals surface area contributed by atoms with Gasteiger partial charge in [0.15, 0.2) is 0 Å². The van der Waals surface area contributed by atoms with Gasteiger partial charge >= 0.3 is 0 Å². The van der Waals surface area contributed by atoms with Crippen LogP contribution in [-0.2, 0) is 11.8 Å². The maximum absolute atomic E-state index is 9.89. The first-order valence-corrected chi connectivity index (χ1v) is 9.81. The van der Waals surface area contributed by atoms with Crippen molar-refractivity contribution in [2.24, 2.45) is 0 Å². The van der Waals surface area contributed by atoms with Gasteiger partial charge in [0.25, 0.3) is 0 Å². The summed E-state index contributed by atoms with van der Waals surface area (Å²) in [5.74, 6) is 0. The summed E-state index contributed by atoms with van der Waals surface area (Å²) in [4.78, 5) is 21.6. The number of rotatable bonds is 3. The van der Waals surface area contributed by atoms with Crippen LogP contribution in [-0.4, -0.2) is 9.79 Å². The molecule has 0 spiro atoms. The van der Waals surface area contributed by atoms with Crippen molar-refractivity contribution < 1.29 is 9.79 Å². The fourth-order valence-electron chi connectivity index (χ4n) is 1.59. The molecule has 17 heavy (non-hydrogen) atoms. The summed E-state index contributed by atoms with van der Waals surface area (Å²) >= 11 is 4.92. The Hall–Kier alpha value is -0.640. The van der Waals surface area contributed by atoms with Crippen LogP contribution >= 0.6 is 16.2 Å². The lowest BCUT2D eigenvalue weighted by Gasteiger charge is -2.26. The monoisotopic (exact) mass is 284 g/mol. The molecule has 0 fully saturated rings. The first kappa shape index (κ1) is 12.8. The van der Waals surface area contributed by atoms with E-state index in [0.717, 1.165) is 9.79 Å². The van der Waals surface area contributed by atoms with Crippen LogP contribution in [0.3, 0.4) is 0 Å². The zero-order valence-electron chi connectivity index (χ0n) is 8.97. The van der Waals surface area contributed by atoms with E-state index in [9.17, 15) is 9.79 Å². The maximum Gasteiger partial charge on any atom is 0.230 e. The molecule has 0 aromatic heterocycles. The molecule has 0 aliphatic carbocycles. The SMILES string of the molecule is OP(O)(=S)[SH](c1ccccc1)c1ccccc1. The van der Waals surface area contributed by atoms with Crippen LogP contribution in [0.5, 0.6) is 0 Å². The Balaban J connectivity index is 2.52. The minimum atomic E-state index is -3.32. The molecule has 2 rings (SSSR count). The predicted molar refractivity (Wildman–Crippen MR) is 77.1 cm³/mol. The quantitative estimate of drug-likeness (QED) is 0.598. The van der Waals surface area contributed by atoms with Gasteiger partial charge in [-0.25, -0.2) is 0 Å². The Bertz CT molecular complexity index is 485. The van der Waals surface area contributed by atoms with Crippen LogP contribution in [0, 0.1) is 0 Å². The lowest BCUT2D eigenvalue weighted by atomic mass is 10.4. The molecule has 0 bridgehead atoms. The van der Waals surface area contributed by atoms with Crippen molar-refractivity contribution in [1.82, 2.24) is 0 Å². The van der Waals surface area contributed by atoms with E-state index in [1.807, 2.05) is 60.7 Å². The molecule has 90 valence electrons. The Labute approximate surface area is 108 Å². The van der Waals surface area contributed by atoms with Gasteiger partial charge in [0.05, 0.1) is 0 Å². The van der Waals surface area contributed by atoms with Gasteiger partial charge in [0.1, 0.15) is 0 Å². The highest BCUT2D eigenvalue weighted by Gasteiger charge is 2.23. The normalized spacial score (nSPS) is 12.2. The van der Waals surface area contributed by atoms with E-state index in [2.05, 4.69) is 0 Å². The summed E-state index contributed by atoms with van der Waals surface area (Å²) in [5, 5.41) is 0. The Morgan fingerprint density at radius 1 is 0.765 bits per heavy atom. The number of benzene rings is 2. The van der Waals surface area contributed by atoms with E-state index in [4.69, 9.17) is 11.8 Å². The van der Waals surface area contributed by atoms with E-state index < -0.39 is 16.2 Å². The third-order valence-corrected chi connectivity index (χ3v) is 8.78. The zero-order chi connectivity index (χ0) is 12.3. The van der Waals surface area contributed by atoms with Crippen molar-refractivity contribution in [2.75, 3.05) is 0 Å². The Morgan fingerprint density at radius 3 is 1.41 bits per heavy atom. The first-order chi connectivity index (χ1) is 8.09. The van der Waals surface area contributed by atoms with Crippen LogP contribution in [0.2, 0.25) is 0 Å². The largest absolute Gasteiger partial charge is 0.338 e. The van der Waals surface area contributed by atoms with Gasteiger partial charge in [0, 0.05) is 0 Å². The van der Waals surface area contributed by atoms with Crippen molar-refractivity contribution in [3.63, 3.8) is 0 Å². The smallest absolute Gasteiger partial charge is 0.230 e. The van der Waals surface area contributed by atoms with Gasteiger partial charge < -0.3 is 9.79 Å². The lowest BCUT2D eigenvalue weighted by Crippen LogP contribution is -1.87. The first-order valence-electron chi connectivity index (χ1n) is 5.05. The molecule has 0 aliphatic heterocycles.